The number of carbonyl (C=O) groups is 1. The average Bonchev–Trinajstić information content (AvgIpc) is 2.97. The molecule has 1 aromatic carbocycles. The lowest BCUT2D eigenvalue weighted by Gasteiger charge is -2.22. The van der Waals surface area contributed by atoms with E-state index >= 15 is 0 Å². The summed E-state index contributed by atoms with van der Waals surface area (Å²) in [5, 5.41) is 0. The Morgan fingerprint density at radius 2 is 2.04 bits per heavy atom. The number of benzene rings is 1. The van der Waals surface area contributed by atoms with Gasteiger partial charge in [0.05, 0.1) is 18.9 Å². The van der Waals surface area contributed by atoms with Gasteiger partial charge in [-0.1, -0.05) is 24.3 Å². The molecule has 1 aromatic rings. The van der Waals surface area contributed by atoms with Gasteiger partial charge < -0.3 is 14.2 Å². The molecule has 136 valence electrons. The zero-order chi connectivity index (χ0) is 18.5. The second-order valence-corrected chi connectivity index (χ2v) is 5.82. The van der Waals surface area contributed by atoms with Gasteiger partial charge in [-0.3, -0.25) is 9.69 Å². The highest BCUT2D eigenvalue weighted by atomic mass is 16.5. The van der Waals surface area contributed by atoms with Crippen LogP contribution in [0.5, 0.6) is 0 Å². The smallest absolute Gasteiger partial charge is 0.305 e. The third-order valence-corrected chi connectivity index (χ3v) is 4.23. The van der Waals surface area contributed by atoms with Crippen molar-refractivity contribution in [1.29, 1.82) is 0 Å². The lowest BCUT2D eigenvalue weighted by molar-refractivity contribution is -0.122. The lowest BCUT2D eigenvalue weighted by atomic mass is 9.95. The van der Waals surface area contributed by atoms with Gasteiger partial charge >= 0.3 is 6.02 Å². The normalized spacial score (nSPS) is 25.6. The lowest BCUT2D eigenvalue weighted by Crippen LogP contribution is -2.29. The molecular weight excluding hydrogens is 332 g/mol. The molecule has 0 N–H and O–H groups in total. The Kier molecular flexibility index (Phi) is 5.53. The summed E-state index contributed by atoms with van der Waals surface area (Å²) in [4.78, 5) is 18.6. The maximum Gasteiger partial charge on any atom is 0.305 e. The fourth-order valence-corrected chi connectivity index (χ4v) is 2.83. The van der Waals surface area contributed by atoms with Crippen molar-refractivity contribution < 1.29 is 19.0 Å². The van der Waals surface area contributed by atoms with Crippen LogP contribution < -0.4 is 0 Å². The molecule has 0 radical (unpaired) electrons. The summed E-state index contributed by atoms with van der Waals surface area (Å²) in [6, 6.07) is 9.70. The summed E-state index contributed by atoms with van der Waals surface area (Å²) >= 11 is 0. The van der Waals surface area contributed by atoms with Gasteiger partial charge in [0.25, 0.3) is 5.91 Å². The maximum atomic E-state index is 12.7. The number of likely N-dealkylation sites (N-methyl/N-ethyl adjacent to an activating group) is 1. The Labute approximate surface area is 153 Å². The zero-order valence-electron chi connectivity index (χ0n) is 15.1. The number of nitrogens with zero attached hydrogens (tertiary/aromatic N) is 2. The zero-order valence-corrected chi connectivity index (χ0v) is 15.1. The summed E-state index contributed by atoms with van der Waals surface area (Å²) in [5.41, 5.74) is 0.731. The summed E-state index contributed by atoms with van der Waals surface area (Å²) in [5.74, 6) is 0.652. The molecule has 2 aliphatic rings. The van der Waals surface area contributed by atoms with Crippen LogP contribution in [0.15, 0.2) is 71.1 Å². The Morgan fingerprint density at radius 1 is 1.27 bits per heavy atom. The molecule has 1 aliphatic heterocycles. The van der Waals surface area contributed by atoms with Crippen molar-refractivity contribution in [3.63, 3.8) is 0 Å². The monoisotopic (exact) mass is 354 g/mol. The molecular formula is C20H22N2O4. The van der Waals surface area contributed by atoms with E-state index in [0.717, 1.165) is 11.4 Å². The average molecular weight is 354 g/mol. The number of carbonyl (C=O) groups excluding carboxylic acids is 1. The molecule has 26 heavy (non-hydrogen) atoms. The first kappa shape index (κ1) is 17.9. The third kappa shape index (κ3) is 3.70. The molecule has 1 fully saturated rings. The first-order chi connectivity index (χ1) is 12.7. The van der Waals surface area contributed by atoms with Gasteiger partial charge in [-0.15, -0.1) is 0 Å². The number of amidine groups is 1. The Bertz CT molecular complexity index is 780. The van der Waals surface area contributed by atoms with Gasteiger partial charge in [0.1, 0.15) is 5.76 Å². The molecule has 1 amide bonds. The number of methoxy groups -OCH3 is 2. The second-order valence-electron chi connectivity index (χ2n) is 5.82. The predicted octanol–water partition coefficient (Wildman–Crippen LogP) is 3.17. The number of hydrogen-bond donors (Lipinski definition) is 0. The van der Waals surface area contributed by atoms with Crippen LogP contribution in [0.25, 0.3) is 0 Å². The fourth-order valence-electron chi connectivity index (χ4n) is 2.83. The molecule has 0 spiro atoms. The van der Waals surface area contributed by atoms with Crippen LogP contribution in [0, 0.1) is 5.92 Å². The molecule has 0 aromatic heterocycles. The number of aliphatic imine (C=N–C) groups is 1. The van der Waals surface area contributed by atoms with Gasteiger partial charge in [0.2, 0.25) is 0 Å². The molecule has 1 saturated heterocycles. The van der Waals surface area contributed by atoms with Crippen LogP contribution in [0.4, 0.5) is 5.69 Å². The number of para-hydroxylation sites is 1. The first-order valence-electron chi connectivity index (χ1n) is 8.48. The Balaban J connectivity index is 1.86. The molecule has 3 rings (SSSR count). The quantitative estimate of drug-likeness (QED) is 0.762. The van der Waals surface area contributed by atoms with Crippen molar-refractivity contribution >= 4 is 17.6 Å². The van der Waals surface area contributed by atoms with Crippen LogP contribution in [0.2, 0.25) is 0 Å². The molecule has 2 unspecified atom stereocenters. The molecule has 1 aliphatic carbocycles. The van der Waals surface area contributed by atoms with Gasteiger partial charge in [-0.2, -0.15) is 4.99 Å². The molecule has 0 saturated carbocycles. The molecule has 6 nitrogen and oxygen atoms in total. The summed E-state index contributed by atoms with van der Waals surface area (Å²) in [7, 11) is 3.23. The topological polar surface area (TPSA) is 60.4 Å². The number of amides is 1. The van der Waals surface area contributed by atoms with Crippen LogP contribution in [-0.4, -0.2) is 43.7 Å². The number of rotatable bonds is 5. The summed E-state index contributed by atoms with van der Waals surface area (Å²) in [6.07, 6.45) is 7.19. The maximum absolute atomic E-state index is 12.7. The van der Waals surface area contributed by atoms with E-state index in [-0.39, 0.29) is 29.7 Å². The van der Waals surface area contributed by atoms with E-state index in [1.807, 2.05) is 55.5 Å². The van der Waals surface area contributed by atoms with Gasteiger partial charge in [0, 0.05) is 19.6 Å². The van der Waals surface area contributed by atoms with Crippen molar-refractivity contribution in [3.8, 4) is 0 Å². The van der Waals surface area contributed by atoms with Crippen molar-refractivity contribution in [2.45, 2.75) is 13.0 Å². The molecule has 2 atom stereocenters. The van der Waals surface area contributed by atoms with Crippen molar-refractivity contribution in [3.05, 3.63) is 66.2 Å². The van der Waals surface area contributed by atoms with Crippen LogP contribution in [0.1, 0.15) is 6.92 Å². The van der Waals surface area contributed by atoms with E-state index in [2.05, 4.69) is 4.99 Å². The van der Waals surface area contributed by atoms with Gasteiger partial charge in [0.15, 0.2) is 5.76 Å². The number of ether oxygens (including phenoxy) is 3. The minimum atomic E-state index is -0.232. The standard InChI is InChI=1S/C20H22N2O4/c1-4-22-19(23)18(26-20(22)21-15-8-6-5-7-9-15)12-14-10-11-16(24-2)13-17(14)25-3/h5-14,17H,4H2,1-3H3/b18-12+,21-20?. The van der Waals surface area contributed by atoms with Crippen molar-refractivity contribution in [2.24, 2.45) is 10.9 Å². The van der Waals surface area contributed by atoms with E-state index in [4.69, 9.17) is 14.2 Å². The second kappa shape index (κ2) is 8.01. The number of hydrogen-bond acceptors (Lipinski definition) is 5. The summed E-state index contributed by atoms with van der Waals surface area (Å²) in [6.45, 7) is 2.36. The molecule has 1 heterocycles. The van der Waals surface area contributed by atoms with Crippen molar-refractivity contribution in [1.82, 2.24) is 4.90 Å². The largest absolute Gasteiger partial charge is 0.497 e. The van der Waals surface area contributed by atoms with E-state index in [0.29, 0.717) is 6.54 Å². The van der Waals surface area contributed by atoms with E-state index in [1.54, 1.807) is 20.3 Å². The van der Waals surface area contributed by atoms with Gasteiger partial charge in [-0.25, -0.2) is 0 Å². The Morgan fingerprint density at radius 3 is 2.69 bits per heavy atom. The predicted molar refractivity (Wildman–Crippen MR) is 98.6 cm³/mol. The first-order valence-corrected chi connectivity index (χ1v) is 8.48. The van der Waals surface area contributed by atoms with Crippen LogP contribution in [0.3, 0.4) is 0 Å². The number of allylic oxidation sites excluding steroid dienone is 1. The van der Waals surface area contributed by atoms with E-state index < -0.39 is 0 Å². The summed E-state index contributed by atoms with van der Waals surface area (Å²) < 4.78 is 16.5. The minimum Gasteiger partial charge on any atom is -0.497 e. The third-order valence-electron chi connectivity index (χ3n) is 4.23. The molecule has 6 heteroatoms. The molecule has 0 bridgehead atoms. The highest BCUT2D eigenvalue weighted by molar-refractivity contribution is 6.09. The highest BCUT2D eigenvalue weighted by Crippen LogP contribution is 2.26. The van der Waals surface area contributed by atoms with E-state index in [9.17, 15) is 4.79 Å². The minimum absolute atomic E-state index is 0.132. The highest BCUT2D eigenvalue weighted by Gasteiger charge is 2.35. The SMILES string of the molecule is CCN1C(=O)/C(=C\C2C=CC(OC)=CC2OC)OC1=Nc1ccccc1. The Hall–Kier alpha value is -2.86. The van der Waals surface area contributed by atoms with Gasteiger partial charge in [-0.05, 0) is 37.3 Å². The van der Waals surface area contributed by atoms with E-state index in [1.165, 1.54) is 4.90 Å². The van der Waals surface area contributed by atoms with Crippen LogP contribution in [-0.2, 0) is 19.0 Å². The van der Waals surface area contributed by atoms with Crippen LogP contribution >= 0.6 is 0 Å². The van der Waals surface area contributed by atoms with Crippen molar-refractivity contribution in [2.75, 3.05) is 20.8 Å². The fraction of sp³-hybridized carbons (Fsp3) is 0.300.